The fourth-order valence-corrected chi connectivity index (χ4v) is 2.70. The van der Waals surface area contributed by atoms with Gasteiger partial charge in [0.2, 0.25) is 0 Å². The van der Waals surface area contributed by atoms with Gasteiger partial charge in [-0.3, -0.25) is 0 Å². The van der Waals surface area contributed by atoms with Crippen molar-refractivity contribution >= 4 is 28.9 Å². The van der Waals surface area contributed by atoms with Crippen LogP contribution in [0, 0.1) is 11.3 Å². The van der Waals surface area contributed by atoms with Crippen LogP contribution in [0.3, 0.4) is 0 Å². The van der Waals surface area contributed by atoms with Gasteiger partial charge in [0.25, 0.3) is 0 Å². The average molecular weight is 341 g/mol. The summed E-state index contributed by atoms with van der Waals surface area (Å²) in [6, 6.07) is 15.5. The summed E-state index contributed by atoms with van der Waals surface area (Å²) < 4.78 is 5.52. The largest absolute Gasteiger partial charge is 0.496 e. The van der Waals surface area contributed by atoms with Crippen molar-refractivity contribution < 1.29 is 4.74 Å². The summed E-state index contributed by atoms with van der Waals surface area (Å²) in [5.74, 6) is 0.751. The van der Waals surface area contributed by atoms with E-state index in [1.54, 1.807) is 19.2 Å². The number of hydrogen-bond donors (Lipinski definition) is 0. The molecule has 3 nitrogen and oxygen atoms in total. The number of benzene rings is 2. The van der Waals surface area contributed by atoms with Crippen LogP contribution in [0.4, 0.5) is 5.69 Å². The van der Waals surface area contributed by atoms with Gasteiger partial charge in [0.1, 0.15) is 5.75 Å². The van der Waals surface area contributed by atoms with E-state index in [4.69, 9.17) is 16.3 Å². The second-order valence-corrected chi connectivity index (χ2v) is 5.71. The van der Waals surface area contributed by atoms with Gasteiger partial charge in [0.05, 0.1) is 18.8 Å². The van der Waals surface area contributed by atoms with Crippen molar-refractivity contribution in [2.45, 2.75) is 13.8 Å². The molecule has 124 valence electrons. The van der Waals surface area contributed by atoms with Crippen LogP contribution in [0.25, 0.3) is 11.6 Å². The van der Waals surface area contributed by atoms with Gasteiger partial charge in [-0.15, -0.1) is 0 Å². The lowest BCUT2D eigenvalue weighted by Gasteiger charge is -2.22. The quantitative estimate of drug-likeness (QED) is 0.531. The van der Waals surface area contributed by atoms with Gasteiger partial charge in [-0.05, 0) is 49.8 Å². The number of rotatable bonds is 6. The minimum Gasteiger partial charge on any atom is -0.496 e. The molecule has 0 saturated heterocycles. The second kappa shape index (κ2) is 8.42. The Balaban J connectivity index is 2.43. The zero-order valence-electron chi connectivity index (χ0n) is 14.2. The third-order valence-corrected chi connectivity index (χ3v) is 4.17. The summed E-state index contributed by atoms with van der Waals surface area (Å²) in [7, 11) is 1.65. The molecule has 0 aliphatic rings. The van der Waals surface area contributed by atoms with Crippen LogP contribution in [0.15, 0.2) is 42.5 Å². The van der Waals surface area contributed by atoms with Crippen LogP contribution in [0.2, 0.25) is 5.02 Å². The van der Waals surface area contributed by atoms with E-state index in [2.05, 4.69) is 30.9 Å². The molecule has 0 N–H and O–H groups in total. The van der Waals surface area contributed by atoms with E-state index >= 15 is 0 Å². The molecule has 0 radical (unpaired) electrons. The first-order valence-electron chi connectivity index (χ1n) is 7.93. The normalized spacial score (nSPS) is 11.0. The van der Waals surface area contributed by atoms with Gasteiger partial charge in [-0.2, -0.15) is 5.26 Å². The summed E-state index contributed by atoms with van der Waals surface area (Å²) in [5, 5.41) is 10.1. The molecule has 0 fully saturated rings. The lowest BCUT2D eigenvalue weighted by Crippen LogP contribution is -2.21. The Hall–Kier alpha value is -2.44. The van der Waals surface area contributed by atoms with E-state index in [0.29, 0.717) is 10.6 Å². The summed E-state index contributed by atoms with van der Waals surface area (Å²) in [4.78, 5) is 2.25. The number of anilines is 1. The molecule has 24 heavy (non-hydrogen) atoms. The molecular weight excluding hydrogens is 320 g/mol. The SMILES string of the molecule is CCN(CC)c1ccc(/C=C(\C#N)c2ccc(Cl)cc2)c(OC)c1. The molecule has 0 spiro atoms. The van der Waals surface area contributed by atoms with Crippen molar-refractivity contribution in [2.75, 3.05) is 25.1 Å². The smallest absolute Gasteiger partial charge is 0.128 e. The molecule has 0 aliphatic carbocycles. The van der Waals surface area contributed by atoms with Gasteiger partial charge in [-0.1, -0.05) is 23.7 Å². The Morgan fingerprint density at radius 1 is 1.17 bits per heavy atom. The number of nitriles is 1. The van der Waals surface area contributed by atoms with Crippen molar-refractivity contribution in [1.82, 2.24) is 0 Å². The Kier molecular flexibility index (Phi) is 6.28. The van der Waals surface area contributed by atoms with E-state index < -0.39 is 0 Å². The summed E-state index contributed by atoms with van der Waals surface area (Å²) in [5.41, 5.74) is 3.39. The van der Waals surface area contributed by atoms with Crippen molar-refractivity contribution in [3.05, 3.63) is 58.6 Å². The number of allylic oxidation sites excluding steroid dienone is 1. The number of halogens is 1. The molecule has 0 heterocycles. The molecule has 2 aromatic rings. The summed E-state index contributed by atoms with van der Waals surface area (Å²) in [6.07, 6.45) is 1.84. The van der Waals surface area contributed by atoms with Crippen LogP contribution in [-0.2, 0) is 0 Å². The number of ether oxygens (including phenoxy) is 1. The highest BCUT2D eigenvalue weighted by Gasteiger charge is 2.09. The van der Waals surface area contributed by atoms with E-state index in [-0.39, 0.29) is 0 Å². The van der Waals surface area contributed by atoms with Crippen molar-refractivity contribution in [3.8, 4) is 11.8 Å². The summed E-state index contributed by atoms with van der Waals surface area (Å²) >= 11 is 5.91. The monoisotopic (exact) mass is 340 g/mol. The number of methoxy groups -OCH3 is 1. The zero-order chi connectivity index (χ0) is 17.5. The minimum atomic E-state index is 0.570. The van der Waals surface area contributed by atoms with Crippen LogP contribution >= 0.6 is 11.6 Å². The van der Waals surface area contributed by atoms with Gasteiger partial charge in [0, 0.05) is 35.4 Å². The molecule has 2 aromatic carbocycles. The fraction of sp³-hybridized carbons (Fsp3) is 0.250. The Morgan fingerprint density at radius 3 is 2.38 bits per heavy atom. The third kappa shape index (κ3) is 4.10. The van der Waals surface area contributed by atoms with Crippen molar-refractivity contribution in [1.29, 1.82) is 5.26 Å². The summed E-state index contributed by atoms with van der Waals surface area (Å²) in [6.45, 7) is 6.11. The molecule has 0 aliphatic heterocycles. The molecule has 4 heteroatoms. The Labute approximate surface area is 148 Å². The maximum atomic E-state index is 9.49. The van der Waals surface area contributed by atoms with E-state index in [0.717, 1.165) is 35.7 Å². The molecule has 0 saturated carbocycles. The topological polar surface area (TPSA) is 36.3 Å². The standard InChI is InChI=1S/C20H21ClN2O/c1-4-23(5-2)19-11-8-16(20(13-19)24-3)12-17(14-22)15-6-9-18(21)10-7-15/h6-13H,4-5H2,1-3H3/b17-12+. The molecule has 0 bridgehead atoms. The van der Waals surface area contributed by atoms with E-state index in [1.165, 1.54) is 0 Å². The average Bonchev–Trinajstić information content (AvgIpc) is 2.62. The van der Waals surface area contributed by atoms with Crippen molar-refractivity contribution in [2.24, 2.45) is 0 Å². The molecule has 0 aromatic heterocycles. The second-order valence-electron chi connectivity index (χ2n) is 5.28. The molecule has 0 unspecified atom stereocenters. The Bertz CT molecular complexity index is 756. The molecular formula is C20H21ClN2O. The van der Waals surface area contributed by atoms with Gasteiger partial charge < -0.3 is 9.64 Å². The van der Waals surface area contributed by atoms with Crippen molar-refractivity contribution in [3.63, 3.8) is 0 Å². The molecule has 2 rings (SSSR count). The predicted octanol–water partition coefficient (Wildman–Crippen LogP) is 5.26. The highest BCUT2D eigenvalue weighted by atomic mass is 35.5. The number of hydrogen-bond acceptors (Lipinski definition) is 3. The van der Waals surface area contributed by atoms with Crippen LogP contribution < -0.4 is 9.64 Å². The van der Waals surface area contributed by atoms with E-state index in [1.807, 2.05) is 30.3 Å². The highest BCUT2D eigenvalue weighted by molar-refractivity contribution is 6.30. The van der Waals surface area contributed by atoms with E-state index in [9.17, 15) is 5.26 Å². The van der Waals surface area contributed by atoms with Gasteiger partial charge in [0.15, 0.2) is 0 Å². The molecule has 0 atom stereocenters. The minimum absolute atomic E-state index is 0.570. The third-order valence-electron chi connectivity index (χ3n) is 3.92. The predicted molar refractivity (Wildman–Crippen MR) is 101 cm³/mol. The maximum Gasteiger partial charge on any atom is 0.128 e. The van der Waals surface area contributed by atoms with Crippen LogP contribution in [-0.4, -0.2) is 20.2 Å². The molecule has 0 amide bonds. The highest BCUT2D eigenvalue weighted by Crippen LogP contribution is 2.29. The van der Waals surface area contributed by atoms with Crippen LogP contribution in [0.5, 0.6) is 5.75 Å². The zero-order valence-corrected chi connectivity index (χ0v) is 15.0. The Morgan fingerprint density at radius 2 is 1.83 bits per heavy atom. The first-order valence-corrected chi connectivity index (χ1v) is 8.31. The van der Waals surface area contributed by atoms with Gasteiger partial charge >= 0.3 is 0 Å². The maximum absolute atomic E-state index is 9.49. The fourth-order valence-electron chi connectivity index (χ4n) is 2.57. The number of nitrogens with zero attached hydrogens (tertiary/aromatic N) is 2. The first kappa shape index (κ1) is 17.9. The first-order chi connectivity index (χ1) is 11.6. The van der Waals surface area contributed by atoms with Crippen LogP contribution in [0.1, 0.15) is 25.0 Å². The lowest BCUT2D eigenvalue weighted by molar-refractivity contribution is 0.414. The van der Waals surface area contributed by atoms with Gasteiger partial charge in [-0.25, -0.2) is 0 Å². The lowest BCUT2D eigenvalue weighted by atomic mass is 10.0.